The zero-order valence-electron chi connectivity index (χ0n) is 14.5. The number of hydrogen-bond acceptors (Lipinski definition) is 5. The molecule has 1 aliphatic carbocycles. The van der Waals surface area contributed by atoms with Gasteiger partial charge in [-0.25, -0.2) is 0 Å². The number of ether oxygens (including phenoxy) is 2. The highest BCUT2D eigenvalue weighted by Gasteiger charge is 2.48. The summed E-state index contributed by atoms with van der Waals surface area (Å²) in [5.74, 6) is 1.05. The Hall–Kier alpha value is -1.99. The lowest BCUT2D eigenvalue weighted by Gasteiger charge is -2.36. The molecular formula is C17H24ClN3O4. The van der Waals surface area contributed by atoms with Crippen molar-refractivity contribution in [2.45, 2.75) is 18.4 Å². The van der Waals surface area contributed by atoms with Crippen molar-refractivity contribution >= 4 is 24.2 Å². The van der Waals surface area contributed by atoms with Gasteiger partial charge in [0.2, 0.25) is 5.91 Å². The summed E-state index contributed by atoms with van der Waals surface area (Å²) in [6.07, 6.45) is 1.52. The molecule has 0 radical (unpaired) electrons. The van der Waals surface area contributed by atoms with Gasteiger partial charge in [-0.3, -0.25) is 9.59 Å². The fourth-order valence-electron chi connectivity index (χ4n) is 2.93. The Bertz CT molecular complexity index is 655. The van der Waals surface area contributed by atoms with Gasteiger partial charge in [0.1, 0.15) is 0 Å². The maximum absolute atomic E-state index is 12.7. The molecule has 7 nitrogen and oxygen atoms in total. The Morgan fingerprint density at radius 1 is 1.00 bits per heavy atom. The molecule has 3 rings (SSSR count). The molecule has 0 spiro atoms. The maximum atomic E-state index is 12.7. The molecule has 138 valence electrons. The molecular weight excluding hydrogens is 346 g/mol. The van der Waals surface area contributed by atoms with Crippen molar-refractivity contribution in [3.05, 3.63) is 23.8 Å². The van der Waals surface area contributed by atoms with Crippen LogP contribution in [0.2, 0.25) is 0 Å². The number of amides is 2. The van der Waals surface area contributed by atoms with Crippen LogP contribution in [0.5, 0.6) is 11.5 Å². The van der Waals surface area contributed by atoms with Crippen LogP contribution in [0, 0.1) is 0 Å². The van der Waals surface area contributed by atoms with E-state index in [0.29, 0.717) is 43.2 Å². The van der Waals surface area contributed by atoms with E-state index < -0.39 is 5.54 Å². The van der Waals surface area contributed by atoms with Gasteiger partial charge in [-0.2, -0.15) is 0 Å². The summed E-state index contributed by atoms with van der Waals surface area (Å²) in [4.78, 5) is 28.4. The zero-order chi connectivity index (χ0) is 17.3. The summed E-state index contributed by atoms with van der Waals surface area (Å²) < 4.78 is 10.4. The third-order valence-electron chi connectivity index (χ3n) is 4.70. The highest BCUT2D eigenvalue weighted by atomic mass is 35.5. The molecule has 0 atom stereocenters. The molecule has 1 heterocycles. The number of carbonyl (C=O) groups is 2. The minimum absolute atomic E-state index is 0. The molecule has 2 amide bonds. The number of hydrogen-bond donors (Lipinski definition) is 1. The van der Waals surface area contributed by atoms with Crippen molar-refractivity contribution in [3.8, 4) is 11.5 Å². The second-order valence-corrected chi connectivity index (χ2v) is 6.31. The average molecular weight is 370 g/mol. The summed E-state index contributed by atoms with van der Waals surface area (Å²) in [5.41, 5.74) is 5.87. The summed E-state index contributed by atoms with van der Waals surface area (Å²) >= 11 is 0. The Labute approximate surface area is 153 Å². The molecule has 8 heteroatoms. The van der Waals surface area contributed by atoms with E-state index in [1.54, 1.807) is 35.1 Å². The second-order valence-electron chi connectivity index (χ2n) is 6.31. The Kier molecular flexibility index (Phi) is 5.80. The summed E-state index contributed by atoms with van der Waals surface area (Å²) in [6.45, 7) is 2.07. The van der Waals surface area contributed by atoms with Crippen molar-refractivity contribution in [1.82, 2.24) is 9.80 Å². The van der Waals surface area contributed by atoms with Crippen LogP contribution in [0.3, 0.4) is 0 Å². The number of rotatable bonds is 4. The van der Waals surface area contributed by atoms with Gasteiger partial charge in [0.25, 0.3) is 5.91 Å². The first-order chi connectivity index (χ1) is 11.5. The van der Waals surface area contributed by atoms with E-state index in [2.05, 4.69) is 0 Å². The van der Waals surface area contributed by atoms with Crippen LogP contribution >= 0.6 is 12.4 Å². The molecule has 0 unspecified atom stereocenters. The third-order valence-corrected chi connectivity index (χ3v) is 4.70. The standard InChI is InChI=1S/C17H23N3O4.ClH/c1-23-13-4-3-12(11-14(13)24-2)15(21)19-7-9-20(10-8-19)16(22)17(18)5-6-17;/h3-4,11H,5-10,18H2,1-2H3;1H. The lowest BCUT2D eigenvalue weighted by atomic mass is 10.1. The minimum atomic E-state index is -0.643. The van der Waals surface area contributed by atoms with Crippen LogP contribution in [0.4, 0.5) is 0 Å². The van der Waals surface area contributed by atoms with E-state index in [1.807, 2.05) is 0 Å². The van der Waals surface area contributed by atoms with E-state index in [4.69, 9.17) is 15.2 Å². The van der Waals surface area contributed by atoms with E-state index >= 15 is 0 Å². The molecule has 1 saturated carbocycles. The third kappa shape index (κ3) is 3.82. The normalized spacial score (nSPS) is 18.2. The number of carbonyl (C=O) groups excluding carboxylic acids is 2. The molecule has 1 saturated heterocycles. The van der Waals surface area contributed by atoms with E-state index in [9.17, 15) is 9.59 Å². The Morgan fingerprint density at radius 3 is 2.08 bits per heavy atom. The van der Waals surface area contributed by atoms with E-state index in [0.717, 1.165) is 12.8 Å². The van der Waals surface area contributed by atoms with Crippen LogP contribution in [0.25, 0.3) is 0 Å². The average Bonchev–Trinajstić information content (AvgIpc) is 3.38. The lowest BCUT2D eigenvalue weighted by Crippen LogP contribution is -2.55. The first kappa shape index (κ1) is 19.3. The number of halogens is 1. The number of nitrogens with zero attached hydrogens (tertiary/aromatic N) is 2. The SMILES string of the molecule is COc1ccc(C(=O)N2CCN(C(=O)C3(N)CC3)CC2)cc1OC.Cl. The highest BCUT2D eigenvalue weighted by molar-refractivity contribution is 5.95. The van der Waals surface area contributed by atoms with Gasteiger partial charge in [-0.05, 0) is 31.0 Å². The highest BCUT2D eigenvalue weighted by Crippen LogP contribution is 2.34. The Balaban J connectivity index is 0.00000225. The van der Waals surface area contributed by atoms with Crippen LogP contribution in [0.1, 0.15) is 23.2 Å². The van der Waals surface area contributed by atoms with E-state index in [-0.39, 0.29) is 24.2 Å². The van der Waals surface area contributed by atoms with Gasteiger partial charge in [-0.15, -0.1) is 12.4 Å². The maximum Gasteiger partial charge on any atom is 0.254 e. The predicted molar refractivity (Wildman–Crippen MR) is 95.4 cm³/mol. The molecule has 0 aromatic heterocycles. The summed E-state index contributed by atoms with van der Waals surface area (Å²) in [5, 5.41) is 0. The number of benzene rings is 1. The minimum Gasteiger partial charge on any atom is -0.493 e. The summed E-state index contributed by atoms with van der Waals surface area (Å²) in [7, 11) is 3.09. The van der Waals surface area contributed by atoms with Gasteiger partial charge in [0.05, 0.1) is 19.8 Å². The molecule has 1 aromatic rings. The Morgan fingerprint density at radius 2 is 1.56 bits per heavy atom. The van der Waals surface area contributed by atoms with Gasteiger partial charge < -0.3 is 25.0 Å². The second kappa shape index (κ2) is 7.49. The van der Waals surface area contributed by atoms with Crippen molar-refractivity contribution < 1.29 is 19.1 Å². The molecule has 2 aliphatic rings. The van der Waals surface area contributed by atoms with Crippen molar-refractivity contribution in [2.75, 3.05) is 40.4 Å². The lowest BCUT2D eigenvalue weighted by molar-refractivity contribution is -0.135. The molecule has 1 aliphatic heterocycles. The number of piperazine rings is 1. The van der Waals surface area contributed by atoms with Gasteiger partial charge in [-0.1, -0.05) is 0 Å². The van der Waals surface area contributed by atoms with Crippen LogP contribution in [0.15, 0.2) is 18.2 Å². The largest absolute Gasteiger partial charge is 0.493 e. The monoisotopic (exact) mass is 369 g/mol. The fourth-order valence-corrected chi connectivity index (χ4v) is 2.93. The molecule has 2 N–H and O–H groups in total. The molecule has 1 aromatic carbocycles. The van der Waals surface area contributed by atoms with Crippen LogP contribution < -0.4 is 15.2 Å². The predicted octanol–water partition coefficient (Wildman–Crippen LogP) is 0.901. The smallest absolute Gasteiger partial charge is 0.254 e. The van der Waals surface area contributed by atoms with Crippen molar-refractivity contribution in [3.63, 3.8) is 0 Å². The van der Waals surface area contributed by atoms with Crippen molar-refractivity contribution in [1.29, 1.82) is 0 Å². The molecule has 25 heavy (non-hydrogen) atoms. The first-order valence-electron chi connectivity index (χ1n) is 8.08. The number of methoxy groups -OCH3 is 2. The van der Waals surface area contributed by atoms with Gasteiger partial charge in [0.15, 0.2) is 11.5 Å². The van der Waals surface area contributed by atoms with Crippen LogP contribution in [-0.4, -0.2) is 67.6 Å². The fraction of sp³-hybridized carbons (Fsp3) is 0.529. The van der Waals surface area contributed by atoms with Gasteiger partial charge in [0, 0.05) is 31.7 Å². The van der Waals surface area contributed by atoms with E-state index in [1.165, 1.54) is 7.11 Å². The molecule has 2 fully saturated rings. The summed E-state index contributed by atoms with van der Waals surface area (Å²) in [6, 6.07) is 5.12. The van der Waals surface area contributed by atoms with Crippen molar-refractivity contribution in [2.24, 2.45) is 5.73 Å². The molecule has 0 bridgehead atoms. The first-order valence-corrected chi connectivity index (χ1v) is 8.08. The topological polar surface area (TPSA) is 85.1 Å². The zero-order valence-corrected chi connectivity index (χ0v) is 15.3. The number of nitrogens with two attached hydrogens (primary N) is 1. The quantitative estimate of drug-likeness (QED) is 0.852. The van der Waals surface area contributed by atoms with Crippen LogP contribution in [-0.2, 0) is 4.79 Å². The van der Waals surface area contributed by atoms with Gasteiger partial charge >= 0.3 is 0 Å².